The lowest BCUT2D eigenvalue weighted by Gasteiger charge is -2.13. The molecule has 0 saturated carbocycles. The van der Waals surface area contributed by atoms with Crippen molar-refractivity contribution in [2.24, 2.45) is 0 Å². The Bertz CT molecular complexity index is 923. The van der Waals surface area contributed by atoms with Crippen LogP contribution in [0.2, 0.25) is 0 Å². The van der Waals surface area contributed by atoms with Crippen molar-refractivity contribution < 1.29 is 19.1 Å². The second-order valence-corrected chi connectivity index (χ2v) is 7.74. The number of hydrogen-bond donors (Lipinski definition) is 2. The molecule has 0 spiro atoms. The average molecular weight is 473 g/mol. The molecule has 3 rings (SSSR count). The van der Waals surface area contributed by atoms with Gasteiger partial charge in [-0.05, 0) is 56.2 Å². The molecular formula is C23H25BrN2O4. The van der Waals surface area contributed by atoms with Crippen molar-refractivity contribution in [2.75, 3.05) is 25.1 Å². The predicted molar refractivity (Wildman–Crippen MR) is 121 cm³/mol. The molecule has 1 unspecified atom stereocenters. The maximum atomic E-state index is 12.6. The molecule has 30 heavy (non-hydrogen) atoms. The summed E-state index contributed by atoms with van der Waals surface area (Å²) in [6.07, 6.45) is 5.13. The molecule has 6 nitrogen and oxygen atoms in total. The quantitative estimate of drug-likeness (QED) is 0.557. The third kappa shape index (κ3) is 6.18. The summed E-state index contributed by atoms with van der Waals surface area (Å²) in [6.45, 7) is 3.64. The largest absolute Gasteiger partial charge is 0.493 e. The molecule has 0 aliphatic carbocycles. The van der Waals surface area contributed by atoms with Gasteiger partial charge in [0.15, 0.2) is 0 Å². The smallest absolute Gasteiger partial charge is 0.253 e. The number of benzene rings is 2. The van der Waals surface area contributed by atoms with Crippen LogP contribution in [0.15, 0.2) is 53.0 Å². The fourth-order valence-corrected chi connectivity index (χ4v) is 3.55. The van der Waals surface area contributed by atoms with E-state index in [0.717, 1.165) is 29.5 Å². The minimum atomic E-state index is -0.336. The summed E-state index contributed by atoms with van der Waals surface area (Å²) in [5.41, 5.74) is 1.65. The van der Waals surface area contributed by atoms with Crippen molar-refractivity contribution in [3.05, 3.63) is 64.1 Å². The summed E-state index contributed by atoms with van der Waals surface area (Å²) in [7, 11) is 0. The third-order valence-electron chi connectivity index (χ3n) is 4.63. The summed E-state index contributed by atoms with van der Waals surface area (Å²) >= 11 is 3.43. The average Bonchev–Trinajstić information content (AvgIpc) is 3.26. The molecule has 158 valence electrons. The zero-order chi connectivity index (χ0) is 21.3. The number of carbonyl (C=O) groups excluding carboxylic acids is 2. The number of halogens is 1. The minimum Gasteiger partial charge on any atom is -0.493 e. The minimum absolute atomic E-state index is 0.0587. The Morgan fingerprint density at radius 2 is 2.10 bits per heavy atom. The van der Waals surface area contributed by atoms with Crippen molar-refractivity contribution in [3.63, 3.8) is 0 Å². The molecule has 2 aromatic carbocycles. The highest BCUT2D eigenvalue weighted by atomic mass is 79.9. The Labute approximate surface area is 184 Å². The molecule has 1 aliphatic heterocycles. The number of amides is 2. The van der Waals surface area contributed by atoms with Crippen molar-refractivity contribution in [2.45, 2.75) is 25.9 Å². The first-order valence-electron chi connectivity index (χ1n) is 9.97. The van der Waals surface area contributed by atoms with Gasteiger partial charge in [0.25, 0.3) is 5.91 Å². The van der Waals surface area contributed by atoms with Gasteiger partial charge in [-0.25, -0.2) is 0 Å². The second-order valence-electron chi connectivity index (χ2n) is 6.83. The number of rotatable bonds is 8. The Kier molecular flexibility index (Phi) is 8.04. The fourth-order valence-electron chi connectivity index (χ4n) is 3.17. The van der Waals surface area contributed by atoms with Crippen LogP contribution in [0.4, 0.5) is 5.69 Å². The third-order valence-corrected chi connectivity index (χ3v) is 5.12. The monoisotopic (exact) mass is 472 g/mol. The summed E-state index contributed by atoms with van der Waals surface area (Å²) in [6, 6.07) is 12.5. The van der Waals surface area contributed by atoms with Gasteiger partial charge in [-0.2, -0.15) is 0 Å². The molecule has 2 aromatic rings. The molecule has 0 radical (unpaired) electrons. The lowest BCUT2D eigenvalue weighted by atomic mass is 10.1. The van der Waals surface area contributed by atoms with Gasteiger partial charge in [-0.15, -0.1) is 0 Å². The molecule has 1 saturated heterocycles. The van der Waals surface area contributed by atoms with Gasteiger partial charge in [-0.1, -0.05) is 28.1 Å². The van der Waals surface area contributed by atoms with E-state index in [0.29, 0.717) is 30.2 Å². The van der Waals surface area contributed by atoms with Crippen LogP contribution in [0.3, 0.4) is 0 Å². The fraction of sp³-hybridized carbons (Fsp3) is 0.304. The van der Waals surface area contributed by atoms with E-state index in [4.69, 9.17) is 9.47 Å². The van der Waals surface area contributed by atoms with E-state index in [-0.39, 0.29) is 17.9 Å². The van der Waals surface area contributed by atoms with E-state index in [1.165, 1.54) is 6.08 Å². The van der Waals surface area contributed by atoms with E-state index in [1.54, 1.807) is 30.3 Å². The van der Waals surface area contributed by atoms with Gasteiger partial charge in [0.2, 0.25) is 5.91 Å². The van der Waals surface area contributed by atoms with Gasteiger partial charge in [-0.3, -0.25) is 9.59 Å². The highest BCUT2D eigenvalue weighted by Crippen LogP contribution is 2.25. The Morgan fingerprint density at radius 1 is 1.27 bits per heavy atom. The molecular weight excluding hydrogens is 448 g/mol. The van der Waals surface area contributed by atoms with Gasteiger partial charge in [0, 0.05) is 29.3 Å². The van der Waals surface area contributed by atoms with Crippen LogP contribution < -0.4 is 15.4 Å². The Hall–Kier alpha value is -2.64. The molecule has 1 aliphatic rings. The zero-order valence-corrected chi connectivity index (χ0v) is 18.4. The standard InChI is InChI=1S/C23H25BrN2O4/c1-2-29-21-11-10-17(24)14-16(21)9-12-22(27)26-20-8-4-3-7-19(20)23(28)25-15-18-6-5-13-30-18/h3-4,7-12,14,18H,2,5-6,13,15H2,1H3,(H,25,28)(H,26,27)/b12-9+. The number of para-hydroxylation sites is 1. The highest BCUT2D eigenvalue weighted by molar-refractivity contribution is 9.10. The van der Waals surface area contributed by atoms with Crippen molar-refractivity contribution in [3.8, 4) is 5.75 Å². The van der Waals surface area contributed by atoms with Crippen LogP contribution >= 0.6 is 15.9 Å². The number of anilines is 1. The van der Waals surface area contributed by atoms with E-state index in [9.17, 15) is 9.59 Å². The normalized spacial score (nSPS) is 15.9. The van der Waals surface area contributed by atoms with Crippen molar-refractivity contribution >= 4 is 39.5 Å². The van der Waals surface area contributed by atoms with Crippen LogP contribution in [0.1, 0.15) is 35.7 Å². The summed E-state index contributed by atoms with van der Waals surface area (Å²) in [5, 5.41) is 5.67. The number of ether oxygens (including phenoxy) is 2. The summed E-state index contributed by atoms with van der Waals surface area (Å²) in [4.78, 5) is 25.1. The number of carbonyl (C=O) groups is 2. The van der Waals surface area contributed by atoms with Gasteiger partial charge < -0.3 is 20.1 Å². The van der Waals surface area contributed by atoms with Crippen LogP contribution in [-0.4, -0.2) is 37.7 Å². The van der Waals surface area contributed by atoms with Crippen molar-refractivity contribution in [1.82, 2.24) is 5.32 Å². The second kappa shape index (κ2) is 10.9. The highest BCUT2D eigenvalue weighted by Gasteiger charge is 2.18. The maximum absolute atomic E-state index is 12.6. The van der Waals surface area contributed by atoms with Crippen LogP contribution in [0.5, 0.6) is 5.75 Å². The molecule has 0 bridgehead atoms. The molecule has 0 aromatic heterocycles. The van der Waals surface area contributed by atoms with E-state index in [1.807, 2.05) is 25.1 Å². The maximum Gasteiger partial charge on any atom is 0.253 e. The van der Waals surface area contributed by atoms with Gasteiger partial charge in [0.05, 0.1) is 24.0 Å². The zero-order valence-electron chi connectivity index (χ0n) is 16.8. The lowest BCUT2D eigenvalue weighted by molar-refractivity contribution is -0.111. The number of nitrogens with one attached hydrogen (secondary N) is 2. The molecule has 7 heteroatoms. The Balaban J connectivity index is 1.66. The topological polar surface area (TPSA) is 76.7 Å². The SMILES string of the molecule is CCOc1ccc(Br)cc1/C=C/C(=O)Nc1ccccc1C(=O)NCC1CCCO1. The first-order chi connectivity index (χ1) is 14.6. The summed E-state index contributed by atoms with van der Waals surface area (Å²) in [5.74, 6) is 0.117. The molecule has 1 atom stereocenters. The first-order valence-corrected chi connectivity index (χ1v) is 10.8. The van der Waals surface area contributed by atoms with E-state index >= 15 is 0 Å². The van der Waals surface area contributed by atoms with Crippen molar-refractivity contribution in [1.29, 1.82) is 0 Å². The molecule has 2 amide bonds. The lowest BCUT2D eigenvalue weighted by Crippen LogP contribution is -2.32. The van der Waals surface area contributed by atoms with Crippen LogP contribution in [0.25, 0.3) is 6.08 Å². The van der Waals surface area contributed by atoms with Crippen LogP contribution in [-0.2, 0) is 9.53 Å². The number of hydrogen-bond acceptors (Lipinski definition) is 4. The van der Waals surface area contributed by atoms with Gasteiger partial charge >= 0.3 is 0 Å². The van der Waals surface area contributed by atoms with E-state index in [2.05, 4.69) is 26.6 Å². The summed E-state index contributed by atoms with van der Waals surface area (Å²) < 4.78 is 12.0. The van der Waals surface area contributed by atoms with E-state index < -0.39 is 0 Å². The van der Waals surface area contributed by atoms with Gasteiger partial charge in [0.1, 0.15) is 5.75 Å². The van der Waals surface area contributed by atoms with Crippen LogP contribution in [0, 0.1) is 0 Å². The first kappa shape index (κ1) is 22.1. The molecule has 2 N–H and O–H groups in total. The molecule has 1 fully saturated rings. The Morgan fingerprint density at radius 3 is 2.87 bits per heavy atom. The predicted octanol–water partition coefficient (Wildman–Crippen LogP) is 4.41. The molecule has 1 heterocycles.